The van der Waals surface area contributed by atoms with Gasteiger partial charge in [0.1, 0.15) is 10.8 Å². The van der Waals surface area contributed by atoms with Crippen molar-refractivity contribution in [3.8, 4) is 0 Å². The quantitative estimate of drug-likeness (QED) is 0.592. The lowest BCUT2D eigenvalue weighted by Crippen LogP contribution is -2.46. The van der Waals surface area contributed by atoms with Gasteiger partial charge in [-0.05, 0) is 55.6 Å². The van der Waals surface area contributed by atoms with Crippen LogP contribution < -0.4 is 5.32 Å². The van der Waals surface area contributed by atoms with Gasteiger partial charge in [-0.2, -0.15) is 0 Å². The number of aryl methyl sites for hydroxylation is 1. The molecule has 0 bridgehead atoms. The summed E-state index contributed by atoms with van der Waals surface area (Å²) in [4.78, 5) is 19.4. The van der Waals surface area contributed by atoms with Crippen LogP contribution in [-0.4, -0.2) is 48.9 Å². The normalized spacial score (nSPS) is 16.5. The highest BCUT2D eigenvalue weighted by molar-refractivity contribution is 7.17. The van der Waals surface area contributed by atoms with E-state index in [-0.39, 0.29) is 17.8 Å². The molecule has 0 aliphatic carbocycles. The van der Waals surface area contributed by atoms with Crippen LogP contribution in [0.2, 0.25) is 0 Å². The summed E-state index contributed by atoms with van der Waals surface area (Å²) in [6.45, 7) is 7.89. The van der Waals surface area contributed by atoms with Gasteiger partial charge in [-0.3, -0.25) is 9.69 Å². The van der Waals surface area contributed by atoms with E-state index < -0.39 is 0 Å². The molecular weight excluding hydrogens is 417 g/mol. The van der Waals surface area contributed by atoms with Gasteiger partial charge in [-0.25, -0.2) is 4.39 Å². The average Bonchev–Trinajstić information content (AvgIpc) is 3.35. The van der Waals surface area contributed by atoms with Crippen LogP contribution in [0.4, 0.5) is 9.39 Å². The van der Waals surface area contributed by atoms with Crippen LogP contribution in [0.5, 0.6) is 0 Å². The standard InChI is InChI=1S/C23H26FN3OS2/c1-15-16(2)30-23(25-22(28)19-8-5-13-29-19)20(15)21(17-6-4-7-18(24)14-17)27-11-9-26(3)10-12-27/h4-8,13-14,21H,9-12H2,1-3H3,(H,25,28)/t21-/m1/s1. The Morgan fingerprint density at radius 2 is 1.90 bits per heavy atom. The number of carbonyl (C=O) groups excluding carboxylic acids is 1. The second kappa shape index (κ2) is 8.98. The van der Waals surface area contributed by atoms with E-state index in [9.17, 15) is 9.18 Å². The predicted octanol–water partition coefficient (Wildman–Crippen LogP) is 5.15. The highest BCUT2D eigenvalue weighted by atomic mass is 32.1. The Morgan fingerprint density at radius 1 is 1.13 bits per heavy atom. The Labute approximate surface area is 185 Å². The number of nitrogens with one attached hydrogen (secondary N) is 1. The van der Waals surface area contributed by atoms with E-state index in [4.69, 9.17) is 0 Å². The second-order valence-corrected chi connectivity index (χ2v) is 9.93. The molecule has 1 saturated heterocycles. The van der Waals surface area contributed by atoms with E-state index in [1.54, 1.807) is 23.5 Å². The lowest BCUT2D eigenvalue weighted by molar-refractivity contribution is 0.103. The van der Waals surface area contributed by atoms with Crippen LogP contribution >= 0.6 is 22.7 Å². The zero-order valence-electron chi connectivity index (χ0n) is 17.4. The minimum absolute atomic E-state index is 0.0936. The average molecular weight is 444 g/mol. The lowest BCUT2D eigenvalue weighted by Gasteiger charge is -2.39. The van der Waals surface area contributed by atoms with E-state index in [2.05, 4.69) is 36.0 Å². The Morgan fingerprint density at radius 3 is 2.57 bits per heavy atom. The van der Waals surface area contributed by atoms with Crippen molar-refractivity contribution in [3.63, 3.8) is 0 Å². The smallest absolute Gasteiger partial charge is 0.266 e. The van der Waals surface area contributed by atoms with E-state index in [1.165, 1.54) is 22.3 Å². The molecule has 0 unspecified atom stereocenters. The highest BCUT2D eigenvalue weighted by Gasteiger charge is 2.31. The number of carbonyl (C=O) groups is 1. The van der Waals surface area contributed by atoms with E-state index in [0.29, 0.717) is 4.88 Å². The molecule has 158 valence electrons. The summed E-state index contributed by atoms with van der Waals surface area (Å²) in [5.74, 6) is -0.329. The fourth-order valence-electron chi connectivity index (χ4n) is 3.96. The molecule has 0 saturated carbocycles. The second-order valence-electron chi connectivity index (χ2n) is 7.75. The molecule has 2 aromatic heterocycles. The number of halogens is 1. The molecule has 3 heterocycles. The third-order valence-electron chi connectivity index (χ3n) is 5.74. The molecule has 1 aromatic carbocycles. The van der Waals surface area contributed by atoms with Gasteiger partial charge >= 0.3 is 0 Å². The molecule has 4 nitrogen and oxygen atoms in total. The third kappa shape index (κ3) is 4.34. The van der Waals surface area contributed by atoms with Crippen molar-refractivity contribution in [2.75, 3.05) is 38.5 Å². The highest BCUT2D eigenvalue weighted by Crippen LogP contribution is 2.42. The predicted molar refractivity (Wildman–Crippen MR) is 123 cm³/mol. The third-order valence-corrected chi connectivity index (χ3v) is 7.75. The zero-order valence-corrected chi connectivity index (χ0v) is 19.1. The monoisotopic (exact) mass is 443 g/mol. The maximum atomic E-state index is 14.2. The van der Waals surface area contributed by atoms with Gasteiger partial charge in [0.05, 0.1) is 10.9 Å². The number of rotatable bonds is 5. The Bertz CT molecular complexity index is 1020. The van der Waals surface area contributed by atoms with Gasteiger partial charge < -0.3 is 10.2 Å². The first-order chi connectivity index (χ1) is 14.4. The lowest BCUT2D eigenvalue weighted by atomic mass is 9.94. The fourth-order valence-corrected chi connectivity index (χ4v) is 5.66. The van der Waals surface area contributed by atoms with Gasteiger partial charge in [-0.1, -0.05) is 18.2 Å². The van der Waals surface area contributed by atoms with Gasteiger partial charge in [0.25, 0.3) is 5.91 Å². The zero-order chi connectivity index (χ0) is 21.3. The summed E-state index contributed by atoms with van der Waals surface area (Å²) in [5, 5.41) is 5.91. The van der Waals surface area contributed by atoms with Crippen molar-refractivity contribution in [3.05, 3.63) is 74.0 Å². The van der Waals surface area contributed by atoms with Crippen molar-refractivity contribution in [2.45, 2.75) is 19.9 Å². The number of nitrogens with zero attached hydrogens (tertiary/aromatic N) is 2. The Hall–Kier alpha value is -2.06. The number of hydrogen-bond acceptors (Lipinski definition) is 5. The number of anilines is 1. The SMILES string of the molecule is Cc1sc(NC(=O)c2cccs2)c([C@@H](c2cccc(F)c2)N2CCN(C)CC2)c1C. The molecule has 3 aromatic rings. The molecule has 4 rings (SSSR count). The summed E-state index contributed by atoms with van der Waals surface area (Å²) in [6.07, 6.45) is 0. The van der Waals surface area contributed by atoms with Gasteiger partial charge in [0, 0.05) is 36.6 Å². The number of thiophene rings is 2. The number of hydrogen-bond donors (Lipinski definition) is 1. The summed E-state index contributed by atoms with van der Waals surface area (Å²) in [5.41, 5.74) is 3.17. The van der Waals surface area contributed by atoms with Crippen LogP contribution in [0.1, 0.15) is 37.3 Å². The van der Waals surface area contributed by atoms with Crippen LogP contribution in [0, 0.1) is 19.7 Å². The summed E-state index contributed by atoms with van der Waals surface area (Å²) in [6, 6.07) is 10.5. The van der Waals surface area contributed by atoms with Crippen LogP contribution in [0.15, 0.2) is 41.8 Å². The maximum absolute atomic E-state index is 14.2. The number of piperazine rings is 1. The molecule has 30 heavy (non-hydrogen) atoms. The molecule has 1 atom stereocenters. The molecule has 1 aliphatic heterocycles. The number of amides is 1. The molecule has 0 spiro atoms. The minimum Gasteiger partial charge on any atom is -0.313 e. The van der Waals surface area contributed by atoms with Crippen molar-refractivity contribution in [2.24, 2.45) is 0 Å². The molecule has 1 amide bonds. The van der Waals surface area contributed by atoms with Gasteiger partial charge in [0.15, 0.2) is 0 Å². The minimum atomic E-state index is -0.236. The first-order valence-electron chi connectivity index (χ1n) is 10.1. The van der Waals surface area contributed by atoms with Crippen molar-refractivity contribution >= 4 is 33.6 Å². The summed E-state index contributed by atoms with van der Waals surface area (Å²) >= 11 is 3.03. The Kier molecular flexibility index (Phi) is 6.34. The Balaban J connectivity index is 1.77. The van der Waals surface area contributed by atoms with Crippen LogP contribution in [-0.2, 0) is 0 Å². The van der Waals surface area contributed by atoms with Crippen molar-refractivity contribution < 1.29 is 9.18 Å². The maximum Gasteiger partial charge on any atom is 0.266 e. The van der Waals surface area contributed by atoms with E-state index >= 15 is 0 Å². The molecule has 0 radical (unpaired) electrons. The van der Waals surface area contributed by atoms with Gasteiger partial charge in [-0.15, -0.1) is 22.7 Å². The first-order valence-corrected chi connectivity index (χ1v) is 11.8. The topological polar surface area (TPSA) is 35.6 Å². The molecule has 1 aliphatic rings. The van der Waals surface area contributed by atoms with E-state index in [1.807, 2.05) is 23.6 Å². The molecule has 7 heteroatoms. The van der Waals surface area contributed by atoms with Crippen LogP contribution in [0.25, 0.3) is 0 Å². The molecule has 1 N–H and O–H groups in total. The number of likely N-dealkylation sites (N-methyl/N-ethyl adjacent to an activating group) is 1. The van der Waals surface area contributed by atoms with Crippen molar-refractivity contribution in [1.82, 2.24) is 9.80 Å². The fraction of sp³-hybridized carbons (Fsp3) is 0.348. The number of benzene rings is 1. The van der Waals surface area contributed by atoms with Crippen molar-refractivity contribution in [1.29, 1.82) is 0 Å². The summed E-state index contributed by atoms with van der Waals surface area (Å²) in [7, 11) is 2.13. The molecule has 1 fully saturated rings. The van der Waals surface area contributed by atoms with Gasteiger partial charge in [0.2, 0.25) is 0 Å². The van der Waals surface area contributed by atoms with Crippen LogP contribution in [0.3, 0.4) is 0 Å². The first kappa shape index (κ1) is 21.2. The summed E-state index contributed by atoms with van der Waals surface area (Å²) < 4.78 is 14.2. The molecular formula is C23H26FN3OS2. The largest absolute Gasteiger partial charge is 0.313 e. The van der Waals surface area contributed by atoms with E-state index in [0.717, 1.165) is 47.9 Å².